The van der Waals surface area contributed by atoms with Crippen LogP contribution in [0.25, 0.3) is 0 Å². The molecule has 0 aliphatic carbocycles. The Balaban J connectivity index is -0.0000000408. The Morgan fingerprint density at radius 1 is 1.25 bits per heavy atom. The van der Waals surface area contributed by atoms with Crippen molar-refractivity contribution in [3.63, 3.8) is 0 Å². The molecule has 1 unspecified atom stereocenters. The van der Waals surface area contributed by atoms with E-state index in [2.05, 4.69) is 4.52 Å². The molecule has 8 heteroatoms. The summed E-state index contributed by atoms with van der Waals surface area (Å²) in [4.78, 5) is 0. The van der Waals surface area contributed by atoms with Gasteiger partial charge in [0.2, 0.25) is 0 Å². The van der Waals surface area contributed by atoms with E-state index in [9.17, 15) is 8.76 Å². The van der Waals surface area contributed by atoms with Crippen LogP contribution in [0.15, 0.2) is 0 Å². The molecule has 77 valence electrons. The maximum absolute atomic E-state index is 12.0. The quantitative estimate of drug-likeness (QED) is 0.454. The molecule has 0 spiro atoms. The molecule has 0 aliphatic heterocycles. The van der Waals surface area contributed by atoms with Gasteiger partial charge in [-0.05, 0) is 13.8 Å². The van der Waals surface area contributed by atoms with Crippen LogP contribution in [0.5, 0.6) is 0 Å². The summed E-state index contributed by atoms with van der Waals surface area (Å²) in [5, 5.41) is 0. The average Bonchev–Trinajstić information content (AvgIpc) is 1.21. The second-order valence-electron chi connectivity index (χ2n) is 1.90. The predicted molar refractivity (Wildman–Crippen MR) is 47.5 cm³/mol. The van der Waals surface area contributed by atoms with Gasteiger partial charge in [0, 0.05) is 24.0 Å². The van der Waals surface area contributed by atoms with Gasteiger partial charge in [0.15, 0.2) is 0 Å². The minimum absolute atomic E-state index is 0. The molecule has 0 bridgehead atoms. The third-order valence-electron chi connectivity index (χ3n) is 0.399. The molecule has 0 saturated carbocycles. The maximum atomic E-state index is 12.0. The van der Waals surface area contributed by atoms with Crippen LogP contribution in [0.3, 0.4) is 0 Å². The fraction of sp³-hybridized carbons (Fsp3) is 1.00. The molecule has 0 aliphatic rings. The van der Waals surface area contributed by atoms with E-state index in [1.165, 1.54) is 0 Å². The smallest absolute Gasteiger partial charge is 0.364 e. The van der Waals surface area contributed by atoms with Crippen molar-refractivity contribution in [2.75, 3.05) is 6.66 Å². The first-order valence-corrected chi connectivity index (χ1v) is 4.33. The van der Waals surface area contributed by atoms with Crippen LogP contribution >= 0.6 is 7.68 Å². The third kappa shape index (κ3) is 31.3. The SMILES string of the molecule is CC(C)OP(C)(=O)F.O.O.O.[Al]. The van der Waals surface area contributed by atoms with Gasteiger partial charge in [-0.25, -0.2) is 0 Å². The molecule has 0 fully saturated rings. The third-order valence-corrected chi connectivity index (χ3v) is 1.20. The highest BCUT2D eigenvalue weighted by molar-refractivity contribution is 7.52. The highest BCUT2D eigenvalue weighted by Crippen LogP contribution is 2.44. The normalized spacial score (nSPS) is 12.4. The van der Waals surface area contributed by atoms with Crippen LogP contribution in [0, 0.1) is 0 Å². The minimum Gasteiger partial charge on any atom is -0.412 e. The summed E-state index contributed by atoms with van der Waals surface area (Å²) in [5.41, 5.74) is 0. The van der Waals surface area contributed by atoms with Crippen molar-refractivity contribution < 1.29 is 29.7 Å². The summed E-state index contributed by atoms with van der Waals surface area (Å²) in [6.07, 6.45) is -0.296. The van der Waals surface area contributed by atoms with Crippen LogP contribution in [-0.4, -0.2) is 46.6 Å². The second kappa shape index (κ2) is 11.5. The molecule has 0 aromatic rings. The number of rotatable bonds is 2. The Morgan fingerprint density at radius 2 is 1.50 bits per heavy atom. The van der Waals surface area contributed by atoms with Crippen molar-refractivity contribution in [2.45, 2.75) is 20.0 Å². The lowest BCUT2D eigenvalue weighted by molar-refractivity contribution is 0.227. The van der Waals surface area contributed by atoms with Gasteiger partial charge in [0.25, 0.3) is 0 Å². The first-order chi connectivity index (χ1) is 3.42. The van der Waals surface area contributed by atoms with E-state index in [0.717, 1.165) is 6.66 Å². The molecular formula is C4H16AlFO5P. The summed E-state index contributed by atoms with van der Waals surface area (Å²) >= 11 is 0. The minimum atomic E-state index is -3.72. The topological polar surface area (TPSA) is 121 Å². The van der Waals surface area contributed by atoms with E-state index >= 15 is 0 Å². The lowest BCUT2D eigenvalue weighted by Crippen LogP contribution is -1.96. The molecule has 5 nitrogen and oxygen atoms in total. The van der Waals surface area contributed by atoms with Gasteiger partial charge in [-0.15, -0.1) is 0 Å². The Bertz CT molecular complexity index is 116. The Kier molecular flexibility index (Phi) is 28.2. The van der Waals surface area contributed by atoms with Gasteiger partial charge < -0.3 is 21.0 Å². The molecule has 0 aromatic heterocycles. The summed E-state index contributed by atoms with van der Waals surface area (Å²) in [6.45, 7) is 4.22. The standard InChI is InChI=1S/C4H10FO2P.Al.3H2O/c1-4(2)7-8(3,5)6;;;;/h4H,1-3H3;;3*1H2. The summed E-state index contributed by atoms with van der Waals surface area (Å²) in [6, 6.07) is 0. The molecule has 3 radical (unpaired) electrons. The molecule has 0 rings (SSSR count). The first-order valence-electron chi connectivity index (χ1n) is 2.37. The molecule has 0 heterocycles. The zero-order chi connectivity index (χ0) is 6.78. The van der Waals surface area contributed by atoms with Crippen LogP contribution in [0.4, 0.5) is 4.20 Å². The number of hydrogen-bond donors (Lipinski definition) is 0. The zero-order valence-electron chi connectivity index (χ0n) is 7.30. The molecule has 6 N–H and O–H groups in total. The molecule has 0 aromatic carbocycles. The predicted octanol–water partition coefficient (Wildman–Crippen LogP) is -0.651. The van der Waals surface area contributed by atoms with Crippen molar-refractivity contribution in [3.8, 4) is 0 Å². The van der Waals surface area contributed by atoms with Gasteiger partial charge in [0.05, 0.1) is 6.10 Å². The lowest BCUT2D eigenvalue weighted by atomic mass is 10.5. The summed E-state index contributed by atoms with van der Waals surface area (Å²) in [5.74, 6) is 0. The summed E-state index contributed by atoms with van der Waals surface area (Å²) in [7, 11) is -3.72. The van der Waals surface area contributed by atoms with Crippen molar-refractivity contribution in [1.29, 1.82) is 0 Å². The lowest BCUT2D eigenvalue weighted by Gasteiger charge is -2.06. The highest BCUT2D eigenvalue weighted by Gasteiger charge is 2.13. The molecule has 0 saturated heterocycles. The highest BCUT2D eigenvalue weighted by atomic mass is 31.2. The van der Waals surface area contributed by atoms with Crippen LogP contribution < -0.4 is 0 Å². The van der Waals surface area contributed by atoms with Gasteiger partial charge in [-0.1, -0.05) is 0 Å². The second-order valence-corrected chi connectivity index (χ2v) is 3.61. The van der Waals surface area contributed by atoms with E-state index in [1.807, 2.05) is 0 Å². The molecule has 0 amide bonds. The van der Waals surface area contributed by atoms with Crippen molar-refractivity contribution >= 4 is 25.0 Å². The monoisotopic (exact) mass is 221 g/mol. The van der Waals surface area contributed by atoms with E-state index in [0.29, 0.717) is 0 Å². The molecule has 12 heavy (non-hydrogen) atoms. The Labute approximate surface area is 81.9 Å². The number of halogens is 1. The molecular weight excluding hydrogens is 205 g/mol. The number of hydrogen-bond acceptors (Lipinski definition) is 2. The van der Waals surface area contributed by atoms with Gasteiger partial charge in [0.1, 0.15) is 0 Å². The first kappa shape index (κ1) is 29.4. The van der Waals surface area contributed by atoms with Crippen molar-refractivity contribution in [3.05, 3.63) is 0 Å². The largest absolute Gasteiger partial charge is 0.412 e. The Hall–Kier alpha value is 0.532. The van der Waals surface area contributed by atoms with Gasteiger partial charge >= 0.3 is 7.68 Å². The van der Waals surface area contributed by atoms with E-state index in [-0.39, 0.29) is 39.9 Å². The summed E-state index contributed by atoms with van der Waals surface area (Å²) < 4.78 is 26.4. The average molecular weight is 221 g/mol. The van der Waals surface area contributed by atoms with E-state index in [4.69, 9.17) is 0 Å². The zero-order valence-corrected chi connectivity index (χ0v) is 9.35. The van der Waals surface area contributed by atoms with Gasteiger partial charge in [-0.3, -0.25) is 4.57 Å². The van der Waals surface area contributed by atoms with Crippen LogP contribution in [-0.2, 0) is 9.09 Å². The van der Waals surface area contributed by atoms with Crippen LogP contribution in [0.1, 0.15) is 13.8 Å². The molecule has 1 atom stereocenters. The Morgan fingerprint density at radius 3 is 1.50 bits per heavy atom. The van der Waals surface area contributed by atoms with E-state index < -0.39 is 7.68 Å². The fourth-order valence-electron chi connectivity index (χ4n) is 0.377. The fourth-order valence-corrected chi connectivity index (χ4v) is 1.13. The van der Waals surface area contributed by atoms with E-state index in [1.54, 1.807) is 13.8 Å². The van der Waals surface area contributed by atoms with Crippen molar-refractivity contribution in [2.24, 2.45) is 0 Å². The van der Waals surface area contributed by atoms with Crippen LogP contribution in [0.2, 0.25) is 0 Å². The maximum Gasteiger partial charge on any atom is 0.364 e. The van der Waals surface area contributed by atoms with Crippen molar-refractivity contribution in [1.82, 2.24) is 0 Å². The van der Waals surface area contributed by atoms with Gasteiger partial charge in [-0.2, -0.15) is 4.20 Å².